The number of carbonyl (C=O) groups excluding carboxylic acids is 1. The smallest absolute Gasteiger partial charge is 0.222 e. The lowest BCUT2D eigenvalue weighted by molar-refractivity contribution is -0.121. The Morgan fingerprint density at radius 1 is 1.10 bits per heavy atom. The van der Waals surface area contributed by atoms with Crippen molar-refractivity contribution in [2.75, 3.05) is 6.54 Å². The summed E-state index contributed by atoms with van der Waals surface area (Å²) in [5.74, 6) is 1.19. The maximum Gasteiger partial charge on any atom is 0.222 e. The predicted octanol–water partition coefficient (Wildman–Crippen LogP) is 2.02. The lowest BCUT2D eigenvalue weighted by Crippen LogP contribution is -2.38. The number of hydrogen-bond donors (Lipinski definition) is 3. The molecule has 1 amide bonds. The number of carbonyl (C=O) groups is 1. The maximum atomic E-state index is 11.4. The molecule has 0 bridgehead atoms. The molecule has 0 fully saturated rings. The fourth-order valence-electron chi connectivity index (χ4n) is 1.87. The standard InChI is InChI=1S/C15H32N4O/c1-11(2)7-6-8-13(5)19-15(16)17-10-9-14(20)18-12(3)4/h11-13H,6-10H2,1-5H3,(H,18,20)(H3,16,17,19). The lowest BCUT2D eigenvalue weighted by atomic mass is 10.0. The predicted molar refractivity (Wildman–Crippen MR) is 85.7 cm³/mol. The van der Waals surface area contributed by atoms with E-state index in [0.29, 0.717) is 25.0 Å². The van der Waals surface area contributed by atoms with E-state index < -0.39 is 0 Å². The third-order valence-corrected chi connectivity index (χ3v) is 2.88. The fourth-order valence-corrected chi connectivity index (χ4v) is 1.87. The molecule has 0 radical (unpaired) electrons. The molecule has 0 saturated carbocycles. The van der Waals surface area contributed by atoms with Gasteiger partial charge in [0, 0.05) is 18.5 Å². The molecule has 0 aliphatic rings. The van der Waals surface area contributed by atoms with Crippen LogP contribution in [-0.4, -0.2) is 30.5 Å². The van der Waals surface area contributed by atoms with Crippen molar-refractivity contribution in [2.24, 2.45) is 16.6 Å². The van der Waals surface area contributed by atoms with E-state index in [1.807, 2.05) is 13.8 Å². The highest BCUT2D eigenvalue weighted by Gasteiger charge is 2.05. The Bertz CT molecular complexity index is 300. The van der Waals surface area contributed by atoms with Crippen LogP contribution in [0.4, 0.5) is 0 Å². The quantitative estimate of drug-likeness (QED) is 0.447. The van der Waals surface area contributed by atoms with E-state index in [0.717, 1.165) is 12.3 Å². The van der Waals surface area contributed by atoms with Gasteiger partial charge in [0.15, 0.2) is 5.96 Å². The zero-order chi connectivity index (χ0) is 15.5. The molecular weight excluding hydrogens is 252 g/mol. The van der Waals surface area contributed by atoms with Crippen LogP contribution in [-0.2, 0) is 4.79 Å². The van der Waals surface area contributed by atoms with Gasteiger partial charge in [0.05, 0.1) is 6.54 Å². The van der Waals surface area contributed by atoms with Gasteiger partial charge in [-0.2, -0.15) is 0 Å². The Balaban J connectivity index is 3.81. The first-order chi connectivity index (χ1) is 9.31. The van der Waals surface area contributed by atoms with Crippen LogP contribution >= 0.6 is 0 Å². The van der Waals surface area contributed by atoms with Gasteiger partial charge in [0.25, 0.3) is 0 Å². The highest BCUT2D eigenvalue weighted by Crippen LogP contribution is 2.07. The van der Waals surface area contributed by atoms with Crippen LogP contribution in [0, 0.1) is 5.92 Å². The molecule has 0 aromatic carbocycles. The molecule has 20 heavy (non-hydrogen) atoms. The van der Waals surface area contributed by atoms with Gasteiger partial charge in [0.1, 0.15) is 0 Å². The topological polar surface area (TPSA) is 79.5 Å². The summed E-state index contributed by atoms with van der Waals surface area (Å²) in [5, 5.41) is 5.99. The Hall–Kier alpha value is -1.26. The van der Waals surface area contributed by atoms with Gasteiger partial charge in [-0.25, -0.2) is 0 Å². The number of nitrogens with two attached hydrogens (primary N) is 1. The van der Waals surface area contributed by atoms with Crippen LogP contribution in [0.2, 0.25) is 0 Å². The van der Waals surface area contributed by atoms with Crippen molar-refractivity contribution in [2.45, 2.75) is 72.4 Å². The van der Waals surface area contributed by atoms with Crippen molar-refractivity contribution < 1.29 is 4.79 Å². The number of amides is 1. The zero-order valence-electron chi connectivity index (χ0n) is 13.7. The summed E-state index contributed by atoms with van der Waals surface area (Å²) in [5.41, 5.74) is 5.80. The van der Waals surface area contributed by atoms with Crippen LogP contribution < -0.4 is 16.4 Å². The average molecular weight is 284 g/mol. The fraction of sp³-hybridized carbons (Fsp3) is 0.867. The van der Waals surface area contributed by atoms with E-state index >= 15 is 0 Å². The van der Waals surface area contributed by atoms with E-state index in [1.54, 1.807) is 0 Å². The number of rotatable bonds is 9. The van der Waals surface area contributed by atoms with E-state index in [2.05, 4.69) is 36.4 Å². The summed E-state index contributed by atoms with van der Waals surface area (Å²) in [6.45, 7) is 10.9. The summed E-state index contributed by atoms with van der Waals surface area (Å²) in [4.78, 5) is 15.6. The summed E-state index contributed by atoms with van der Waals surface area (Å²) in [6.07, 6.45) is 3.89. The first-order valence-corrected chi connectivity index (χ1v) is 7.67. The van der Waals surface area contributed by atoms with Crippen LogP contribution in [0.5, 0.6) is 0 Å². The zero-order valence-corrected chi connectivity index (χ0v) is 13.7. The summed E-state index contributed by atoms with van der Waals surface area (Å²) in [6, 6.07) is 0.491. The molecule has 1 atom stereocenters. The van der Waals surface area contributed by atoms with Crippen molar-refractivity contribution in [1.82, 2.24) is 10.6 Å². The number of guanidine groups is 1. The summed E-state index contributed by atoms with van der Waals surface area (Å²) in [7, 11) is 0. The van der Waals surface area contributed by atoms with E-state index in [1.165, 1.54) is 12.8 Å². The molecular formula is C15H32N4O. The molecule has 0 aromatic heterocycles. The van der Waals surface area contributed by atoms with Gasteiger partial charge in [-0.3, -0.25) is 9.79 Å². The molecule has 4 N–H and O–H groups in total. The molecule has 1 unspecified atom stereocenters. The molecule has 0 saturated heterocycles. The molecule has 118 valence electrons. The molecule has 0 heterocycles. The van der Waals surface area contributed by atoms with Gasteiger partial charge in [-0.15, -0.1) is 0 Å². The van der Waals surface area contributed by atoms with Gasteiger partial charge >= 0.3 is 0 Å². The van der Waals surface area contributed by atoms with Crippen molar-refractivity contribution in [3.63, 3.8) is 0 Å². The number of hydrogen-bond acceptors (Lipinski definition) is 2. The lowest BCUT2D eigenvalue weighted by Gasteiger charge is -2.15. The van der Waals surface area contributed by atoms with Crippen molar-refractivity contribution in [1.29, 1.82) is 0 Å². The van der Waals surface area contributed by atoms with Crippen LogP contribution in [0.1, 0.15) is 60.3 Å². The first kappa shape index (κ1) is 18.7. The van der Waals surface area contributed by atoms with Crippen LogP contribution in [0.25, 0.3) is 0 Å². The minimum absolute atomic E-state index is 0.0153. The molecule has 0 rings (SSSR count). The number of aliphatic imine (C=N–C) groups is 1. The molecule has 0 aromatic rings. The highest BCUT2D eigenvalue weighted by atomic mass is 16.1. The van der Waals surface area contributed by atoms with E-state index in [-0.39, 0.29) is 11.9 Å². The second-order valence-corrected chi connectivity index (χ2v) is 6.11. The first-order valence-electron chi connectivity index (χ1n) is 7.67. The van der Waals surface area contributed by atoms with E-state index in [4.69, 9.17) is 5.73 Å². The largest absolute Gasteiger partial charge is 0.370 e. The van der Waals surface area contributed by atoms with Gasteiger partial charge < -0.3 is 16.4 Å². The SMILES string of the molecule is CC(C)CCCC(C)NC(N)=NCCC(=O)NC(C)C. The summed E-state index contributed by atoms with van der Waals surface area (Å²) >= 11 is 0. The Morgan fingerprint density at radius 3 is 2.30 bits per heavy atom. The summed E-state index contributed by atoms with van der Waals surface area (Å²) < 4.78 is 0. The van der Waals surface area contributed by atoms with E-state index in [9.17, 15) is 4.79 Å². The number of nitrogens with one attached hydrogen (secondary N) is 2. The number of nitrogens with zero attached hydrogens (tertiary/aromatic N) is 1. The average Bonchev–Trinajstić information content (AvgIpc) is 2.26. The Kier molecular flexibility index (Phi) is 9.86. The highest BCUT2D eigenvalue weighted by molar-refractivity contribution is 5.79. The minimum Gasteiger partial charge on any atom is -0.370 e. The second kappa shape index (κ2) is 10.5. The third kappa shape index (κ3) is 11.8. The van der Waals surface area contributed by atoms with Crippen molar-refractivity contribution >= 4 is 11.9 Å². The van der Waals surface area contributed by atoms with Crippen molar-refractivity contribution in [3.8, 4) is 0 Å². The Labute approximate surface area is 123 Å². The second-order valence-electron chi connectivity index (χ2n) is 6.11. The minimum atomic E-state index is 0.0153. The van der Waals surface area contributed by atoms with Gasteiger partial charge in [-0.1, -0.05) is 26.7 Å². The van der Waals surface area contributed by atoms with Crippen molar-refractivity contribution in [3.05, 3.63) is 0 Å². The molecule has 5 heteroatoms. The van der Waals surface area contributed by atoms with Crippen LogP contribution in [0.3, 0.4) is 0 Å². The Morgan fingerprint density at radius 2 is 1.75 bits per heavy atom. The maximum absolute atomic E-state index is 11.4. The third-order valence-electron chi connectivity index (χ3n) is 2.88. The monoisotopic (exact) mass is 284 g/mol. The molecule has 0 aliphatic heterocycles. The van der Waals surface area contributed by atoms with Gasteiger partial charge in [0.2, 0.25) is 5.91 Å². The molecule has 0 aliphatic carbocycles. The molecule has 0 spiro atoms. The van der Waals surface area contributed by atoms with Crippen LogP contribution in [0.15, 0.2) is 4.99 Å². The normalized spacial score (nSPS) is 13.7. The van der Waals surface area contributed by atoms with Gasteiger partial charge in [-0.05, 0) is 33.1 Å². The molecule has 5 nitrogen and oxygen atoms in total.